The number of nitrogens with zero attached hydrogens (tertiary/aromatic N) is 2. The van der Waals surface area contributed by atoms with E-state index in [1.165, 1.54) is 12.1 Å². The number of hydrogen-bond donors (Lipinski definition) is 0. The Kier molecular flexibility index (Phi) is 3.22. The molecular weight excluding hydrogens is 332 g/mol. The van der Waals surface area contributed by atoms with E-state index >= 15 is 0 Å². The van der Waals surface area contributed by atoms with E-state index in [0.29, 0.717) is 0 Å². The molecule has 4 atom stereocenters. The first-order valence-electron chi connectivity index (χ1n) is 7.57. The summed E-state index contributed by atoms with van der Waals surface area (Å²) < 4.78 is 10.3. The molecule has 9 heteroatoms. The number of amides is 2. The maximum absolute atomic E-state index is 12.7. The van der Waals surface area contributed by atoms with Gasteiger partial charge in [-0.05, 0) is 12.1 Å². The zero-order valence-electron chi connectivity index (χ0n) is 12.9. The van der Waals surface area contributed by atoms with Crippen LogP contribution in [0.4, 0.5) is 11.4 Å². The number of carbonyl (C=O) groups is 3. The third kappa shape index (κ3) is 2.16. The SMILES string of the molecule is CC(=O)Oc1ccc(N2C(=O)C3C4C=CC(O4)C3C2=O)cc1[N+](=O)[O-]. The highest BCUT2D eigenvalue weighted by Gasteiger charge is 2.61. The van der Waals surface area contributed by atoms with Gasteiger partial charge in [0, 0.05) is 13.0 Å². The highest BCUT2D eigenvalue weighted by molar-refractivity contribution is 6.23. The van der Waals surface area contributed by atoms with Crippen LogP contribution in [0.25, 0.3) is 0 Å². The van der Waals surface area contributed by atoms with Crippen LogP contribution in [0, 0.1) is 22.0 Å². The molecule has 3 heterocycles. The van der Waals surface area contributed by atoms with E-state index in [4.69, 9.17) is 9.47 Å². The molecule has 0 radical (unpaired) electrons. The second kappa shape index (κ2) is 5.21. The van der Waals surface area contributed by atoms with Gasteiger partial charge in [0.1, 0.15) is 0 Å². The number of nitro benzene ring substituents is 1. The van der Waals surface area contributed by atoms with Crippen LogP contribution in [0.1, 0.15) is 6.92 Å². The summed E-state index contributed by atoms with van der Waals surface area (Å²) in [7, 11) is 0. The molecule has 2 amide bonds. The molecule has 9 nitrogen and oxygen atoms in total. The van der Waals surface area contributed by atoms with E-state index in [1.807, 2.05) is 0 Å². The highest BCUT2D eigenvalue weighted by Crippen LogP contribution is 2.47. The molecule has 2 saturated heterocycles. The smallest absolute Gasteiger partial charge is 0.313 e. The molecule has 4 rings (SSSR count). The van der Waals surface area contributed by atoms with Gasteiger partial charge in [0.15, 0.2) is 0 Å². The summed E-state index contributed by atoms with van der Waals surface area (Å²) in [5.74, 6) is -3.05. The number of fused-ring (bicyclic) bond motifs is 5. The second-order valence-corrected chi connectivity index (χ2v) is 6.02. The zero-order chi connectivity index (χ0) is 17.9. The monoisotopic (exact) mass is 344 g/mol. The number of rotatable bonds is 3. The van der Waals surface area contributed by atoms with Gasteiger partial charge in [0.25, 0.3) is 0 Å². The van der Waals surface area contributed by atoms with Crippen molar-refractivity contribution in [1.29, 1.82) is 0 Å². The lowest BCUT2D eigenvalue weighted by molar-refractivity contribution is -0.385. The van der Waals surface area contributed by atoms with Crippen LogP contribution in [-0.4, -0.2) is 34.9 Å². The Bertz CT molecular complexity index is 832. The van der Waals surface area contributed by atoms with Crippen molar-refractivity contribution < 1.29 is 28.8 Å². The number of imide groups is 1. The number of anilines is 1. The fourth-order valence-electron chi connectivity index (χ4n) is 3.59. The number of hydrogen-bond acceptors (Lipinski definition) is 7. The molecule has 0 saturated carbocycles. The zero-order valence-corrected chi connectivity index (χ0v) is 12.9. The van der Waals surface area contributed by atoms with Crippen molar-refractivity contribution in [1.82, 2.24) is 0 Å². The molecule has 2 bridgehead atoms. The van der Waals surface area contributed by atoms with Crippen molar-refractivity contribution in [3.05, 3.63) is 40.5 Å². The Hall–Kier alpha value is -3.07. The van der Waals surface area contributed by atoms with Crippen LogP contribution >= 0.6 is 0 Å². The number of nitro groups is 1. The molecule has 2 fully saturated rings. The largest absolute Gasteiger partial charge is 0.419 e. The van der Waals surface area contributed by atoms with Crippen LogP contribution in [0.3, 0.4) is 0 Å². The lowest BCUT2D eigenvalue weighted by Gasteiger charge is -2.17. The molecule has 4 unspecified atom stereocenters. The normalized spacial score (nSPS) is 29.2. The maximum atomic E-state index is 12.7. The van der Waals surface area contributed by atoms with Gasteiger partial charge in [0.05, 0.1) is 34.7 Å². The Morgan fingerprint density at radius 1 is 1.20 bits per heavy atom. The van der Waals surface area contributed by atoms with Crippen molar-refractivity contribution in [2.24, 2.45) is 11.8 Å². The molecule has 0 aromatic heterocycles. The maximum Gasteiger partial charge on any atom is 0.313 e. The summed E-state index contributed by atoms with van der Waals surface area (Å²) >= 11 is 0. The van der Waals surface area contributed by atoms with Crippen LogP contribution in [-0.2, 0) is 19.1 Å². The lowest BCUT2D eigenvalue weighted by Crippen LogP contribution is -2.34. The third-order valence-corrected chi connectivity index (χ3v) is 4.56. The minimum absolute atomic E-state index is 0.0754. The Balaban J connectivity index is 1.72. The molecule has 1 aromatic rings. The molecule has 3 aliphatic rings. The van der Waals surface area contributed by atoms with Gasteiger partial charge < -0.3 is 9.47 Å². The standard InChI is InChI=1S/C16H12N2O7/c1-7(19)24-10-3-2-8(6-9(10)18(22)23)17-15(20)13-11-4-5-12(25-11)14(13)16(17)21/h2-6,11-14H,1H3. The van der Waals surface area contributed by atoms with Crippen LogP contribution in [0.2, 0.25) is 0 Å². The minimum atomic E-state index is -0.734. The van der Waals surface area contributed by atoms with Crippen molar-refractivity contribution in [2.75, 3.05) is 4.90 Å². The van der Waals surface area contributed by atoms with E-state index in [1.54, 1.807) is 12.2 Å². The van der Waals surface area contributed by atoms with Crippen molar-refractivity contribution in [3.63, 3.8) is 0 Å². The predicted molar refractivity (Wildman–Crippen MR) is 81.7 cm³/mol. The van der Waals surface area contributed by atoms with Gasteiger partial charge in [0.2, 0.25) is 17.6 Å². The molecule has 25 heavy (non-hydrogen) atoms. The highest BCUT2D eigenvalue weighted by atomic mass is 16.6. The third-order valence-electron chi connectivity index (χ3n) is 4.56. The van der Waals surface area contributed by atoms with Crippen LogP contribution in [0.5, 0.6) is 5.75 Å². The molecule has 1 aromatic carbocycles. The summed E-state index contributed by atoms with van der Waals surface area (Å²) in [5.41, 5.74) is -0.422. The van der Waals surface area contributed by atoms with E-state index in [-0.39, 0.29) is 11.4 Å². The van der Waals surface area contributed by atoms with Gasteiger partial charge in [-0.1, -0.05) is 12.2 Å². The van der Waals surface area contributed by atoms with Gasteiger partial charge in [-0.2, -0.15) is 0 Å². The van der Waals surface area contributed by atoms with E-state index in [2.05, 4.69) is 0 Å². The van der Waals surface area contributed by atoms with Crippen molar-refractivity contribution >= 4 is 29.2 Å². The fraction of sp³-hybridized carbons (Fsp3) is 0.312. The van der Waals surface area contributed by atoms with E-state index < -0.39 is 52.4 Å². The Morgan fingerprint density at radius 2 is 1.80 bits per heavy atom. The first-order valence-corrected chi connectivity index (χ1v) is 7.57. The van der Waals surface area contributed by atoms with Gasteiger partial charge >= 0.3 is 11.7 Å². The van der Waals surface area contributed by atoms with E-state index in [9.17, 15) is 24.5 Å². The number of carbonyl (C=O) groups excluding carboxylic acids is 3. The van der Waals surface area contributed by atoms with Crippen LogP contribution < -0.4 is 9.64 Å². The average Bonchev–Trinajstić information content (AvgIpc) is 3.21. The summed E-state index contributed by atoms with van der Waals surface area (Å²) in [4.78, 5) is 47.9. The average molecular weight is 344 g/mol. The van der Waals surface area contributed by atoms with Gasteiger partial charge in [-0.15, -0.1) is 0 Å². The molecule has 0 N–H and O–H groups in total. The number of esters is 1. The van der Waals surface area contributed by atoms with Gasteiger partial charge in [-0.3, -0.25) is 24.5 Å². The quantitative estimate of drug-likeness (QED) is 0.200. The molecule has 0 spiro atoms. The Morgan fingerprint density at radius 3 is 2.32 bits per heavy atom. The van der Waals surface area contributed by atoms with Crippen molar-refractivity contribution in [3.8, 4) is 5.75 Å². The first-order chi connectivity index (χ1) is 11.9. The second-order valence-electron chi connectivity index (χ2n) is 6.02. The summed E-state index contributed by atoms with van der Waals surface area (Å²) in [6.45, 7) is 1.12. The molecule has 0 aliphatic carbocycles. The summed E-state index contributed by atoms with van der Waals surface area (Å²) in [5, 5.41) is 11.2. The summed E-state index contributed by atoms with van der Waals surface area (Å²) in [6, 6.07) is 3.61. The van der Waals surface area contributed by atoms with Gasteiger partial charge in [-0.25, -0.2) is 4.90 Å². The summed E-state index contributed by atoms with van der Waals surface area (Å²) in [6.07, 6.45) is 2.64. The minimum Gasteiger partial charge on any atom is -0.419 e. The molecule has 3 aliphatic heterocycles. The fourth-order valence-corrected chi connectivity index (χ4v) is 3.59. The number of benzene rings is 1. The molecule has 128 valence electrons. The van der Waals surface area contributed by atoms with E-state index in [0.717, 1.165) is 17.9 Å². The Labute approximate surface area is 140 Å². The predicted octanol–water partition coefficient (Wildman–Crippen LogP) is 0.963. The lowest BCUT2D eigenvalue weighted by atomic mass is 9.85. The van der Waals surface area contributed by atoms with Crippen LogP contribution in [0.15, 0.2) is 30.4 Å². The molecular formula is C16H12N2O7. The first kappa shape index (κ1) is 15.5. The number of ether oxygens (including phenoxy) is 2. The topological polar surface area (TPSA) is 116 Å². The van der Waals surface area contributed by atoms with Crippen molar-refractivity contribution in [2.45, 2.75) is 19.1 Å².